The Morgan fingerprint density at radius 1 is 0.872 bits per heavy atom. The van der Waals surface area contributed by atoms with Crippen LogP contribution in [0.2, 0.25) is 58.9 Å². The lowest BCUT2D eigenvalue weighted by atomic mass is 9.66. The standard InChI is InChI=1S/C28H41NO7Si3/c1-33-17-13-11-12-15-19(17)23(29)21-22(24(15)30)25(31)16-14-18(34-37(2,3)4)27(35-38(5,6)7)28(20(16)26(21)32)36-39(8,9)10/h11-13,16,20,28,30H,14,29H2,1-10H3/t16-,20+,28-/m1/s1. The highest BCUT2D eigenvalue weighted by Crippen LogP contribution is 2.51. The smallest absolute Gasteiger partial charge is 0.242 e. The number of ether oxygens (including phenoxy) is 1. The third kappa shape index (κ3) is 5.54. The Balaban J connectivity index is 2.02. The van der Waals surface area contributed by atoms with E-state index in [2.05, 4.69) is 39.3 Å². The summed E-state index contributed by atoms with van der Waals surface area (Å²) >= 11 is 0. The number of hydrogen-bond acceptors (Lipinski definition) is 8. The van der Waals surface area contributed by atoms with Gasteiger partial charge in [0.05, 0.1) is 35.2 Å². The Morgan fingerprint density at radius 2 is 1.49 bits per heavy atom. The fourth-order valence-electron chi connectivity index (χ4n) is 5.49. The number of ketones is 2. The van der Waals surface area contributed by atoms with Crippen molar-refractivity contribution in [2.24, 2.45) is 11.8 Å². The largest absolute Gasteiger partial charge is 0.545 e. The number of anilines is 1. The number of phenolic OH excluding ortho intramolecular Hbond substituents is 1. The third-order valence-corrected chi connectivity index (χ3v) is 9.34. The first-order valence-corrected chi connectivity index (χ1v) is 23.6. The van der Waals surface area contributed by atoms with Gasteiger partial charge in [-0.2, -0.15) is 0 Å². The summed E-state index contributed by atoms with van der Waals surface area (Å²) in [6.45, 7) is 18.6. The molecule has 0 amide bonds. The third-order valence-electron chi connectivity index (χ3n) is 6.68. The number of allylic oxidation sites excluding steroid dienone is 1. The van der Waals surface area contributed by atoms with Gasteiger partial charge in [0, 0.05) is 17.7 Å². The molecule has 0 heterocycles. The number of carbonyl (C=O) groups excluding carboxylic acids is 2. The van der Waals surface area contributed by atoms with Crippen molar-refractivity contribution in [3.8, 4) is 11.5 Å². The average Bonchev–Trinajstić information content (AvgIpc) is 2.78. The number of rotatable bonds is 7. The first-order chi connectivity index (χ1) is 17.8. The maximum absolute atomic E-state index is 14.5. The van der Waals surface area contributed by atoms with E-state index in [0.29, 0.717) is 28.0 Å². The van der Waals surface area contributed by atoms with Crippen molar-refractivity contribution >= 4 is 53.0 Å². The Hall–Kier alpha value is -2.61. The summed E-state index contributed by atoms with van der Waals surface area (Å²) in [5, 5.41) is 12.1. The molecule has 11 heteroatoms. The predicted octanol–water partition coefficient (Wildman–Crippen LogP) is 6.29. The van der Waals surface area contributed by atoms with Gasteiger partial charge in [0.2, 0.25) is 16.6 Å². The molecule has 0 fully saturated rings. The van der Waals surface area contributed by atoms with Gasteiger partial charge in [0.1, 0.15) is 29.1 Å². The molecular formula is C28H41NO7Si3. The molecule has 4 rings (SSSR count). The van der Waals surface area contributed by atoms with Crippen LogP contribution in [0.15, 0.2) is 29.7 Å². The molecule has 3 N–H and O–H groups in total. The minimum absolute atomic E-state index is 0.0295. The summed E-state index contributed by atoms with van der Waals surface area (Å²) in [7, 11) is -5.07. The van der Waals surface area contributed by atoms with Gasteiger partial charge in [-0.15, -0.1) is 0 Å². The second-order valence-electron chi connectivity index (χ2n) is 13.3. The molecule has 0 unspecified atom stereocenters. The van der Waals surface area contributed by atoms with Crippen molar-refractivity contribution in [1.82, 2.24) is 0 Å². The van der Waals surface area contributed by atoms with Crippen LogP contribution in [-0.4, -0.2) is 54.8 Å². The Labute approximate surface area is 233 Å². The number of nitrogens with two attached hydrogens (primary N) is 1. The van der Waals surface area contributed by atoms with Gasteiger partial charge in [-0.25, -0.2) is 0 Å². The van der Waals surface area contributed by atoms with Crippen LogP contribution in [-0.2, 0) is 13.3 Å². The van der Waals surface area contributed by atoms with Gasteiger partial charge in [-0.1, -0.05) is 12.1 Å². The average molecular weight is 588 g/mol. The van der Waals surface area contributed by atoms with Crippen LogP contribution in [0.5, 0.6) is 11.5 Å². The molecule has 0 aromatic heterocycles. The Morgan fingerprint density at radius 3 is 2.03 bits per heavy atom. The maximum atomic E-state index is 14.5. The first kappa shape index (κ1) is 29.4. The highest BCUT2D eigenvalue weighted by atomic mass is 28.4. The SMILES string of the molecule is COc1cccc2c(O)c3c(c(N)c12)C(=O)[C@@H]1[C@@H](CC(O[Si](C)(C)C)=C(O[Si](C)(C)C)[C@@H]1O[Si](C)(C)C)C3=O. The van der Waals surface area contributed by atoms with E-state index < -0.39 is 42.9 Å². The summed E-state index contributed by atoms with van der Waals surface area (Å²) in [4.78, 5) is 28.7. The highest BCUT2D eigenvalue weighted by Gasteiger charge is 2.55. The van der Waals surface area contributed by atoms with Crippen LogP contribution in [0.25, 0.3) is 10.8 Å². The molecule has 0 spiro atoms. The van der Waals surface area contributed by atoms with E-state index >= 15 is 0 Å². The van der Waals surface area contributed by atoms with Crippen LogP contribution in [0.1, 0.15) is 27.1 Å². The minimum Gasteiger partial charge on any atom is -0.545 e. The van der Waals surface area contributed by atoms with Crippen LogP contribution in [0, 0.1) is 11.8 Å². The van der Waals surface area contributed by atoms with Crippen molar-refractivity contribution in [2.45, 2.75) is 71.4 Å². The van der Waals surface area contributed by atoms with Crippen molar-refractivity contribution < 1.29 is 32.7 Å². The summed E-state index contributed by atoms with van der Waals surface area (Å²) in [5.74, 6) is -1.03. The van der Waals surface area contributed by atoms with Crippen LogP contribution >= 0.6 is 0 Å². The lowest BCUT2D eigenvalue weighted by Crippen LogP contribution is -2.53. The van der Waals surface area contributed by atoms with Crippen molar-refractivity contribution in [3.63, 3.8) is 0 Å². The molecule has 0 saturated heterocycles. The van der Waals surface area contributed by atoms with Crippen LogP contribution < -0.4 is 10.5 Å². The van der Waals surface area contributed by atoms with Gasteiger partial charge >= 0.3 is 0 Å². The molecule has 0 aliphatic heterocycles. The highest BCUT2D eigenvalue weighted by molar-refractivity contribution is 6.71. The lowest BCUT2D eigenvalue weighted by molar-refractivity contribution is 0.0360. The number of Topliss-reactive ketones (excluding diaryl/α,β-unsaturated/α-hetero) is 2. The Kier molecular flexibility index (Phi) is 7.37. The lowest BCUT2D eigenvalue weighted by Gasteiger charge is -2.45. The number of fused-ring (bicyclic) bond motifs is 3. The molecule has 2 aliphatic carbocycles. The number of nitrogen functional groups attached to an aromatic ring is 1. The van der Waals surface area contributed by atoms with Crippen molar-refractivity contribution in [2.75, 3.05) is 12.8 Å². The normalized spacial score (nSPS) is 22.1. The molecule has 0 bridgehead atoms. The molecule has 39 heavy (non-hydrogen) atoms. The van der Waals surface area contributed by atoms with E-state index in [1.807, 2.05) is 19.6 Å². The molecule has 2 aromatic carbocycles. The zero-order valence-electron chi connectivity index (χ0n) is 24.6. The van der Waals surface area contributed by atoms with Crippen molar-refractivity contribution in [1.29, 1.82) is 0 Å². The second kappa shape index (κ2) is 9.79. The zero-order chi connectivity index (χ0) is 29.2. The quantitative estimate of drug-likeness (QED) is 0.221. The number of carbonyl (C=O) groups is 2. The maximum Gasteiger partial charge on any atom is 0.242 e. The second-order valence-corrected chi connectivity index (χ2v) is 26.6. The number of benzene rings is 2. The van der Waals surface area contributed by atoms with Crippen LogP contribution in [0.3, 0.4) is 0 Å². The topological polar surface area (TPSA) is 117 Å². The first-order valence-electron chi connectivity index (χ1n) is 13.3. The van der Waals surface area contributed by atoms with E-state index in [1.54, 1.807) is 18.2 Å². The van der Waals surface area contributed by atoms with Crippen molar-refractivity contribution in [3.05, 3.63) is 40.8 Å². The molecule has 0 saturated carbocycles. The van der Waals surface area contributed by atoms with Gasteiger partial charge in [-0.05, 0) is 65.0 Å². The van der Waals surface area contributed by atoms with Crippen LogP contribution in [0.4, 0.5) is 5.69 Å². The Bertz CT molecular complexity index is 1380. The molecule has 0 radical (unpaired) electrons. The predicted molar refractivity (Wildman–Crippen MR) is 161 cm³/mol. The number of phenols is 1. The van der Waals surface area contributed by atoms with E-state index in [4.69, 9.17) is 23.7 Å². The molecular weight excluding hydrogens is 547 g/mol. The fraction of sp³-hybridized carbons (Fsp3) is 0.500. The summed E-state index contributed by atoms with van der Waals surface area (Å²) in [6, 6.07) is 5.10. The summed E-state index contributed by atoms with van der Waals surface area (Å²) in [6.07, 6.45) is -0.604. The summed E-state index contributed by atoms with van der Waals surface area (Å²) < 4.78 is 25.4. The molecule has 8 nitrogen and oxygen atoms in total. The zero-order valence-corrected chi connectivity index (χ0v) is 27.6. The van der Waals surface area contributed by atoms with E-state index in [9.17, 15) is 14.7 Å². The summed E-state index contributed by atoms with van der Waals surface area (Å²) in [5.41, 5.74) is 6.75. The number of hydrogen-bond donors (Lipinski definition) is 2. The van der Waals surface area contributed by atoms with Gasteiger partial charge in [0.15, 0.2) is 19.9 Å². The van der Waals surface area contributed by atoms with E-state index in [-0.39, 0.29) is 40.6 Å². The molecule has 2 aromatic rings. The van der Waals surface area contributed by atoms with Gasteiger partial charge in [-0.3, -0.25) is 9.59 Å². The molecule has 212 valence electrons. The minimum atomic E-state index is -2.26. The molecule has 2 aliphatic rings. The van der Waals surface area contributed by atoms with E-state index in [1.165, 1.54) is 7.11 Å². The van der Waals surface area contributed by atoms with Gasteiger partial charge in [0.25, 0.3) is 0 Å². The monoisotopic (exact) mass is 587 g/mol. The number of aromatic hydroxyl groups is 1. The van der Waals surface area contributed by atoms with Gasteiger partial charge < -0.3 is 28.9 Å². The van der Waals surface area contributed by atoms with E-state index in [0.717, 1.165) is 0 Å². The number of methoxy groups -OCH3 is 1. The fourth-order valence-corrected chi connectivity index (χ4v) is 8.32. The molecule has 3 atom stereocenters.